The van der Waals surface area contributed by atoms with Crippen LogP contribution in [0.3, 0.4) is 0 Å². The van der Waals surface area contributed by atoms with Gasteiger partial charge in [0.15, 0.2) is 28.7 Å². The standard InChI is InChI=1S/C16H13N3O4.C7H7F2N/c1-22-15(20)12-8-13(16(21)23-2)19-14(17-12)9-11(18-19)10-6-4-3-5-7-10;8-6-2-1-5(4-10)3-7(6)9/h3-9H,1-2H3;1-3H,4,10H2. The number of carbonyl (C=O) groups excluding carboxylic acids is 2. The summed E-state index contributed by atoms with van der Waals surface area (Å²) in [4.78, 5) is 27.9. The molecule has 4 aromatic rings. The summed E-state index contributed by atoms with van der Waals surface area (Å²) in [5.41, 5.74) is 7.74. The summed E-state index contributed by atoms with van der Waals surface area (Å²) in [5.74, 6) is -2.94. The predicted molar refractivity (Wildman–Crippen MR) is 115 cm³/mol. The Kier molecular flexibility index (Phi) is 7.42. The third-order valence-corrected chi connectivity index (χ3v) is 4.51. The number of esters is 2. The van der Waals surface area contributed by atoms with E-state index in [1.54, 1.807) is 6.07 Å². The molecule has 0 bridgehead atoms. The summed E-state index contributed by atoms with van der Waals surface area (Å²) in [6.07, 6.45) is 0. The van der Waals surface area contributed by atoms with Crippen LogP contribution >= 0.6 is 0 Å². The molecule has 0 aliphatic carbocycles. The number of methoxy groups -OCH3 is 2. The van der Waals surface area contributed by atoms with Crippen LogP contribution in [0.25, 0.3) is 16.9 Å². The molecule has 170 valence electrons. The molecule has 2 aromatic carbocycles. The molecule has 2 aromatic heterocycles. The van der Waals surface area contributed by atoms with E-state index in [1.165, 1.54) is 30.9 Å². The fraction of sp³-hybridized carbons (Fsp3) is 0.130. The molecule has 2 N–H and O–H groups in total. The van der Waals surface area contributed by atoms with Gasteiger partial charge in [0.05, 0.1) is 19.9 Å². The van der Waals surface area contributed by atoms with Crippen molar-refractivity contribution >= 4 is 17.6 Å². The van der Waals surface area contributed by atoms with Crippen LogP contribution in [0.15, 0.2) is 60.7 Å². The van der Waals surface area contributed by atoms with Gasteiger partial charge in [-0.15, -0.1) is 0 Å². The largest absolute Gasteiger partial charge is 0.464 e. The van der Waals surface area contributed by atoms with E-state index in [0.717, 1.165) is 17.7 Å². The first-order valence-electron chi connectivity index (χ1n) is 9.64. The molecule has 0 aliphatic rings. The van der Waals surface area contributed by atoms with Crippen LogP contribution in [0.4, 0.5) is 8.78 Å². The van der Waals surface area contributed by atoms with E-state index in [-0.39, 0.29) is 17.9 Å². The average Bonchev–Trinajstić information content (AvgIpc) is 3.29. The van der Waals surface area contributed by atoms with Gasteiger partial charge < -0.3 is 15.2 Å². The lowest BCUT2D eigenvalue weighted by atomic mass is 10.2. The predicted octanol–water partition coefficient (Wildman–Crippen LogP) is 3.39. The van der Waals surface area contributed by atoms with Crippen LogP contribution in [-0.4, -0.2) is 40.8 Å². The van der Waals surface area contributed by atoms with E-state index in [2.05, 4.69) is 14.8 Å². The van der Waals surface area contributed by atoms with Crippen LogP contribution in [0.5, 0.6) is 0 Å². The van der Waals surface area contributed by atoms with Crippen LogP contribution in [0.1, 0.15) is 26.5 Å². The Balaban J connectivity index is 0.000000257. The fourth-order valence-electron chi connectivity index (χ4n) is 2.85. The lowest BCUT2D eigenvalue weighted by Crippen LogP contribution is -2.14. The molecule has 0 saturated heterocycles. The summed E-state index contributed by atoms with van der Waals surface area (Å²) in [6.45, 7) is 0.233. The van der Waals surface area contributed by atoms with Crippen LogP contribution in [-0.2, 0) is 16.0 Å². The SMILES string of the molecule is COC(=O)c1cc(C(=O)OC)n2nc(-c3ccccc3)cc2n1.NCc1ccc(F)c(F)c1. The number of carbonyl (C=O) groups is 2. The zero-order valence-corrected chi connectivity index (χ0v) is 17.8. The molecule has 0 fully saturated rings. The van der Waals surface area contributed by atoms with Gasteiger partial charge >= 0.3 is 11.9 Å². The highest BCUT2D eigenvalue weighted by Crippen LogP contribution is 2.20. The Labute approximate surface area is 187 Å². The summed E-state index contributed by atoms with van der Waals surface area (Å²) < 4.78 is 35.3. The van der Waals surface area contributed by atoms with Crippen LogP contribution in [0, 0.1) is 11.6 Å². The normalized spacial score (nSPS) is 10.3. The van der Waals surface area contributed by atoms with Gasteiger partial charge in [0, 0.05) is 24.2 Å². The van der Waals surface area contributed by atoms with Crippen molar-refractivity contribution in [1.82, 2.24) is 14.6 Å². The molecular formula is C23H20F2N4O4. The highest BCUT2D eigenvalue weighted by molar-refractivity contribution is 5.94. The van der Waals surface area contributed by atoms with Crippen LogP contribution in [0.2, 0.25) is 0 Å². The minimum atomic E-state index is -0.844. The first-order chi connectivity index (χ1) is 15.9. The quantitative estimate of drug-likeness (QED) is 0.471. The van der Waals surface area contributed by atoms with E-state index >= 15 is 0 Å². The number of halogens is 2. The van der Waals surface area contributed by atoms with Gasteiger partial charge in [0.1, 0.15) is 0 Å². The zero-order chi connectivity index (χ0) is 24.0. The summed E-state index contributed by atoms with van der Waals surface area (Å²) in [7, 11) is 2.51. The van der Waals surface area contributed by atoms with Gasteiger partial charge in [0.2, 0.25) is 0 Å². The molecule has 33 heavy (non-hydrogen) atoms. The van der Waals surface area contributed by atoms with Crippen molar-refractivity contribution < 1.29 is 27.8 Å². The van der Waals surface area contributed by atoms with Crippen molar-refractivity contribution in [2.24, 2.45) is 5.73 Å². The Morgan fingerprint density at radius 2 is 1.64 bits per heavy atom. The molecule has 8 nitrogen and oxygen atoms in total. The summed E-state index contributed by atoms with van der Waals surface area (Å²) in [5, 5.41) is 4.38. The Bertz CT molecular complexity index is 1290. The topological polar surface area (TPSA) is 109 Å². The van der Waals surface area contributed by atoms with Gasteiger partial charge in [-0.1, -0.05) is 36.4 Å². The number of aromatic nitrogens is 3. The highest BCUT2D eigenvalue weighted by Gasteiger charge is 2.19. The Morgan fingerprint density at radius 3 is 2.24 bits per heavy atom. The summed E-state index contributed by atoms with van der Waals surface area (Å²) in [6, 6.07) is 16.0. The monoisotopic (exact) mass is 454 g/mol. The maximum atomic E-state index is 12.3. The number of fused-ring (bicyclic) bond motifs is 1. The second-order valence-electron chi connectivity index (χ2n) is 6.63. The maximum Gasteiger partial charge on any atom is 0.356 e. The van der Waals surface area contributed by atoms with Gasteiger partial charge in [-0.05, 0) is 17.7 Å². The molecule has 0 aliphatic heterocycles. The molecule has 2 heterocycles. The third-order valence-electron chi connectivity index (χ3n) is 4.51. The number of rotatable bonds is 4. The molecule has 0 amide bonds. The molecule has 10 heteroatoms. The van der Waals surface area contributed by atoms with Crippen molar-refractivity contribution in [3.8, 4) is 11.3 Å². The smallest absolute Gasteiger partial charge is 0.356 e. The number of hydrogen-bond donors (Lipinski definition) is 1. The number of ether oxygens (including phenoxy) is 2. The maximum absolute atomic E-state index is 12.3. The minimum Gasteiger partial charge on any atom is -0.464 e. The number of nitrogens with zero attached hydrogens (tertiary/aromatic N) is 3. The molecular weight excluding hydrogens is 434 g/mol. The first-order valence-corrected chi connectivity index (χ1v) is 9.64. The van der Waals surface area contributed by atoms with E-state index in [4.69, 9.17) is 10.5 Å². The second kappa shape index (κ2) is 10.4. The van der Waals surface area contributed by atoms with Crippen molar-refractivity contribution in [2.75, 3.05) is 14.2 Å². The van der Waals surface area contributed by atoms with Gasteiger partial charge in [-0.3, -0.25) is 0 Å². The van der Waals surface area contributed by atoms with E-state index < -0.39 is 23.6 Å². The van der Waals surface area contributed by atoms with Crippen molar-refractivity contribution in [3.05, 3.63) is 89.2 Å². The Morgan fingerprint density at radius 1 is 0.939 bits per heavy atom. The second-order valence-corrected chi connectivity index (χ2v) is 6.63. The fourth-order valence-corrected chi connectivity index (χ4v) is 2.85. The molecule has 0 saturated carbocycles. The minimum absolute atomic E-state index is 0.0138. The zero-order valence-electron chi connectivity index (χ0n) is 17.8. The van der Waals surface area contributed by atoms with Gasteiger partial charge in [-0.25, -0.2) is 27.9 Å². The average molecular weight is 454 g/mol. The van der Waals surface area contributed by atoms with Crippen molar-refractivity contribution in [1.29, 1.82) is 0 Å². The van der Waals surface area contributed by atoms with Crippen LogP contribution < -0.4 is 5.73 Å². The third kappa shape index (κ3) is 5.36. The highest BCUT2D eigenvalue weighted by atomic mass is 19.2. The Hall–Kier alpha value is -4.18. The first kappa shape index (κ1) is 23.5. The van der Waals surface area contributed by atoms with E-state index in [1.807, 2.05) is 30.3 Å². The summed E-state index contributed by atoms with van der Waals surface area (Å²) >= 11 is 0. The van der Waals surface area contributed by atoms with E-state index in [0.29, 0.717) is 16.9 Å². The number of benzene rings is 2. The van der Waals surface area contributed by atoms with E-state index in [9.17, 15) is 18.4 Å². The molecule has 0 atom stereocenters. The number of nitrogens with two attached hydrogens (primary N) is 1. The lowest BCUT2D eigenvalue weighted by Gasteiger charge is -2.05. The lowest BCUT2D eigenvalue weighted by molar-refractivity contribution is 0.0588. The van der Waals surface area contributed by atoms with Crippen molar-refractivity contribution in [3.63, 3.8) is 0 Å². The van der Waals surface area contributed by atoms with Crippen molar-refractivity contribution in [2.45, 2.75) is 6.54 Å². The molecule has 0 unspecified atom stereocenters. The van der Waals surface area contributed by atoms with Gasteiger partial charge in [0.25, 0.3) is 0 Å². The molecule has 4 rings (SSSR count). The number of hydrogen-bond acceptors (Lipinski definition) is 7. The molecule has 0 spiro atoms. The van der Waals surface area contributed by atoms with Gasteiger partial charge in [-0.2, -0.15) is 5.10 Å². The molecule has 0 radical (unpaired) electrons.